The van der Waals surface area contributed by atoms with Crippen LogP contribution in [0.5, 0.6) is 0 Å². The number of H-pyrrole nitrogens is 1. The van der Waals surface area contributed by atoms with Crippen LogP contribution in [0, 0.1) is 5.82 Å². The third-order valence-electron chi connectivity index (χ3n) is 2.09. The molecule has 0 spiro atoms. The van der Waals surface area contributed by atoms with Crippen molar-refractivity contribution in [3.8, 4) is 0 Å². The van der Waals surface area contributed by atoms with E-state index >= 15 is 0 Å². The van der Waals surface area contributed by atoms with E-state index in [1.165, 1.54) is 18.6 Å². The second kappa shape index (κ2) is 5.20. The SMILES string of the molecule is Fc1ccc(NCCCc2ncn[nH]2)nc1. The van der Waals surface area contributed by atoms with Gasteiger partial charge in [-0.1, -0.05) is 0 Å². The Kier molecular flexibility index (Phi) is 3.42. The van der Waals surface area contributed by atoms with Crippen LogP contribution in [0.3, 0.4) is 0 Å². The van der Waals surface area contributed by atoms with Gasteiger partial charge < -0.3 is 5.32 Å². The molecule has 0 fully saturated rings. The Bertz CT molecular complexity index is 411. The van der Waals surface area contributed by atoms with Gasteiger partial charge in [-0.3, -0.25) is 5.10 Å². The first-order chi connectivity index (χ1) is 7.84. The van der Waals surface area contributed by atoms with Crippen LogP contribution in [0.2, 0.25) is 0 Å². The number of nitrogens with one attached hydrogen (secondary N) is 2. The molecule has 0 aliphatic carbocycles. The molecular weight excluding hydrogens is 209 g/mol. The first-order valence-electron chi connectivity index (χ1n) is 5.04. The number of pyridine rings is 1. The maximum Gasteiger partial charge on any atom is 0.141 e. The molecule has 2 N–H and O–H groups in total. The van der Waals surface area contributed by atoms with Crippen LogP contribution in [0.25, 0.3) is 0 Å². The Hall–Kier alpha value is -1.98. The molecule has 84 valence electrons. The molecule has 2 aromatic rings. The van der Waals surface area contributed by atoms with Gasteiger partial charge in [0.05, 0.1) is 6.20 Å². The van der Waals surface area contributed by atoms with Crippen molar-refractivity contribution in [3.63, 3.8) is 0 Å². The van der Waals surface area contributed by atoms with E-state index in [0.29, 0.717) is 5.82 Å². The van der Waals surface area contributed by atoms with Gasteiger partial charge in [0.2, 0.25) is 0 Å². The van der Waals surface area contributed by atoms with Crippen molar-refractivity contribution in [2.45, 2.75) is 12.8 Å². The summed E-state index contributed by atoms with van der Waals surface area (Å²) in [6.07, 6.45) is 4.42. The molecule has 0 amide bonds. The van der Waals surface area contributed by atoms with E-state index in [0.717, 1.165) is 25.2 Å². The fraction of sp³-hybridized carbons (Fsp3) is 0.300. The Morgan fingerprint density at radius 2 is 2.25 bits per heavy atom. The summed E-state index contributed by atoms with van der Waals surface area (Å²) in [5, 5.41) is 9.64. The largest absolute Gasteiger partial charge is 0.370 e. The lowest BCUT2D eigenvalue weighted by atomic mass is 10.3. The van der Waals surface area contributed by atoms with Crippen LogP contribution < -0.4 is 5.32 Å². The highest BCUT2D eigenvalue weighted by Gasteiger charge is 1.97. The van der Waals surface area contributed by atoms with Crippen LogP contribution in [-0.4, -0.2) is 26.7 Å². The van der Waals surface area contributed by atoms with Gasteiger partial charge >= 0.3 is 0 Å². The lowest BCUT2D eigenvalue weighted by Crippen LogP contribution is -2.05. The van der Waals surface area contributed by atoms with E-state index in [1.807, 2.05) is 0 Å². The standard InChI is InChI=1S/C10H12FN5/c11-8-3-4-9(13-6-8)12-5-1-2-10-14-7-15-16-10/h3-4,6-7H,1-2,5H2,(H,12,13)(H,14,15,16). The third kappa shape index (κ3) is 3.01. The van der Waals surface area contributed by atoms with Crippen molar-refractivity contribution < 1.29 is 4.39 Å². The predicted octanol–water partition coefficient (Wildman–Crippen LogP) is 1.38. The number of hydrogen-bond acceptors (Lipinski definition) is 4. The molecule has 2 aromatic heterocycles. The van der Waals surface area contributed by atoms with E-state index in [1.54, 1.807) is 6.07 Å². The highest BCUT2D eigenvalue weighted by Crippen LogP contribution is 2.03. The summed E-state index contributed by atoms with van der Waals surface area (Å²) in [5.41, 5.74) is 0. The minimum atomic E-state index is -0.327. The fourth-order valence-electron chi connectivity index (χ4n) is 1.30. The highest BCUT2D eigenvalue weighted by molar-refractivity contribution is 5.33. The minimum Gasteiger partial charge on any atom is -0.370 e. The van der Waals surface area contributed by atoms with E-state index in [9.17, 15) is 4.39 Å². The van der Waals surface area contributed by atoms with Gasteiger partial charge in [-0.15, -0.1) is 0 Å². The van der Waals surface area contributed by atoms with E-state index < -0.39 is 0 Å². The van der Waals surface area contributed by atoms with Crippen molar-refractivity contribution in [2.75, 3.05) is 11.9 Å². The van der Waals surface area contributed by atoms with Gasteiger partial charge in [-0.05, 0) is 18.6 Å². The number of aromatic nitrogens is 4. The van der Waals surface area contributed by atoms with Crippen molar-refractivity contribution in [3.05, 3.63) is 36.3 Å². The zero-order valence-corrected chi connectivity index (χ0v) is 8.65. The average Bonchev–Trinajstić information content (AvgIpc) is 2.80. The molecule has 0 radical (unpaired) electrons. The first kappa shape index (κ1) is 10.5. The molecule has 0 unspecified atom stereocenters. The van der Waals surface area contributed by atoms with Crippen LogP contribution in [0.1, 0.15) is 12.2 Å². The Morgan fingerprint density at radius 3 is 2.94 bits per heavy atom. The van der Waals surface area contributed by atoms with Crippen molar-refractivity contribution in [1.29, 1.82) is 0 Å². The molecule has 6 heteroatoms. The molecule has 2 rings (SSSR count). The van der Waals surface area contributed by atoms with Gasteiger partial charge in [0.1, 0.15) is 23.8 Å². The van der Waals surface area contributed by atoms with Crippen molar-refractivity contribution >= 4 is 5.82 Å². The maximum absolute atomic E-state index is 12.6. The van der Waals surface area contributed by atoms with E-state index in [4.69, 9.17) is 0 Å². The zero-order chi connectivity index (χ0) is 11.2. The summed E-state index contributed by atoms with van der Waals surface area (Å²) in [6, 6.07) is 3.00. The molecule has 0 saturated carbocycles. The normalized spacial score (nSPS) is 10.3. The lowest BCUT2D eigenvalue weighted by Gasteiger charge is -2.03. The predicted molar refractivity (Wildman–Crippen MR) is 57.4 cm³/mol. The summed E-state index contributed by atoms with van der Waals surface area (Å²) in [7, 11) is 0. The van der Waals surface area contributed by atoms with E-state index in [2.05, 4.69) is 25.5 Å². The second-order valence-electron chi connectivity index (χ2n) is 3.32. The Labute approximate surface area is 92.1 Å². The second-order valence-corrected chi connectivity index (χ2v) is 3.32. The smallest absolute Gasteiger partial charge is 0.141 e. The van der Waals surface area contributed by atoms with Crippen LogP contribution >= 0.6 is 0 Å². The van der Waals surface area contributed by atoms with Gasteiger partial charge in [0.15, 0.2) is 0 Å². The van der Waals surface area contributed by atoms with Crippen LogP contribution in [0.15, 0.2) is 24.7 Å². The molecule has 5 nitrogen and oxygen atoms in total. The number of anilines is 1. The first-order valence-corrected chi connectivity index (χ1v) is 5.04. The van der Waals surface area contributed by atoms with Gasteiger partial charge in [0.25, 0.3) is 0 Å². The fourth-order valence-corrected chi connectivity index (χ4v) is 1.30. The molecule has 0 aliphatic rings. The Balaban J connectivity index is 1.70. The van der Waals surface area contributed by atoms with Crippen LogP contribution in [-0.2, 0) is 6.42 Å². The average molecular weight is 221 g/mol. The van der Waals surface area contributed by atoms with Gasteiger partial charge in [-0.2, -0.15) is 5.10 Å². The zero-order valence-electron chi connectivity index (χ0n) is 8.65. The lowest BCUT2D eigenvalue weighted by molar-refractivity contribution is 0.621. The number of aromatic amines is 1. The molecule has 16 heavy (non-hydrogen) atoms. The monoisotopic (exact) mass is 221 g/mol. The van der Waals surface area contributed by atoms with E-state index in [-0.39, 0.29) is 5.82 Å². The van der Waals surface area contributed by atoms with Crippen LogP contribution in [0.4, 0.5) is 10.2 Å². The Morgan fingerprint density at radius 1 is 1.31 bits per heavy atom. The summed E-state index contributed by atoms with van der Waals surface area (Å²) in [6.45, 7) is 0.763. The molecule has 0 bridgehead atoms. The van der Waals surface area contributed by atoms with Gasteiger partial charge in [-0.25, -0.2) is 14.4 Å². The van der Waals surface area contributed by atoms with Gasteiger partial charge in [0, 0.05) is 13.0 Å². The number of halogens is 1. The summed E-state index contributed by atoms with van der Waals surface area (Å²) >= 11 is 0. The molecular formula is C10H12FN5. The number of rotatable bonds is 5. The molecule has 0 atom stereocenters. The highest BCUT2D eigenvalue weighted by atomic mass is 19.1. The summed E-state index contributed by atoms with van der Waals surface area (Å²) < 4.78 is 12.6. The summed E-state index contributed by atoms with van der Waals surface area (Å²) in [4.78, 5) is 7.90. The molecule has 0 aliphatic heterocycles. The van der Waals surface area contributed by atoms with Crippen molar-refractivity contribution in [2.24, 2.45) is 0 Å². The number of aryl methyl sites for hydroxylation is 1. The topological polar surface area (TPSA) is 66.5 Å². The van der Waals surface area contributed by atoms with Crippen molar-refractivity contribution in [1.82, 2.24) is 20.2 Å². The molecule has 0 aromatic carbocycles. The molecule has 0 saturated heterocycles. The quantitative estimate of drug-likeness (QED) is 0.748. The summed E-state index contributed by atoms with van der Waals surface area (Å²) in [5.74, 6) is 1.22. The number of hydrogen-bond donors (Lipinski definition) is 2. The molecule has 2 heterocycles. The third-order valence-corrected chi connectivity index (χ3v) is 2.09. The minimum absolute atomic E-state index is 0.327. The number of nitrogens with zero attached hydrogens (tertiary/aromatic N) is 3. The maximum atomic E-state index is 12.6.